The summed E-state index contributed by atoms with van der Waals surface area (Å²) in [5.41, 5.74) is 2.41. The number of benzene rings is 1. The largest absolute Gasteiger partial charge is 0.384 e. The second-order valence-electron chi connectivity index (χ2n) is 5.40. The van der Waals surface area contributed by atoms with Crippen LogP contribution >= 0.6 is 0 Å². The molecule has 0 spiro atoms. The zero-order chi connectivity index (χ0) is 13.3. The van der Waals surface area contributed by atoms with Crippen molar-refractivity contribution in [1.29, 1.82) is 0 Å². The molecule has 1 atom stereocenters. The van der Waals surface area contributed by atoms with Crippen molar-refractivity contribution in [3.8, 4) is 0 Å². The fourth-order valence-corrected chi connectivity index (χ4v) is 3.03. The van der Waals surface area contributed by atoms with E-state index in [0.29, 0.717) is 5.92 Å². The Labute approximate surface area is 108 Å². The predicted molar refractivity (Wildman–Crippen MR) is 73.0 cm³/mol. The van der Waals surface area contributed by atoms with Crippen molar-refractivity contribution in [2.24, 2.45) is 5.92 Å². The minimum absolute atomic E-state index is 0.0378. The van der Waals surface area contributed by atoms with E-state index in [-0.39, 0.29) is 16.0 Å². The predicted octanol–water partition coefficient (Wildman–Crippen LogP) is 3.71. The van der Waals surface area contributed by atoms with Gasteiger partial charge in [-0.2, -0.15) is 0 Å². The molecule has 0 fully saturated rings. The van der Waals surface area contributed by atoms with E-state index in [0.717, 1.165) is 30.6 Å². The maximum absolute atomic E-state index is 10.9. The van der Waals surface area contributed by atoms with Crippen LogP contribution in [0.1, 0.15) is 39.2 Å². The summed E-state index contributed by atoms with van der Waals surface area (Å²) < 4.78 is 0. The van der Waals surface area contributed by atoms with Gasteiger partial charge in [-0.05, 0) is 24.0 Å². The summed E-state index contributed by atoms with van der Waals surface area (Å²) >= 11 is 0. The molecule has 4 heteroatoms. The van der Waals surface area contributed by atoms with E-state index in [4.69, 9.17) is 0 Å². The molecule has 0 saturated heterocycles. The average Bonchev–Trinajstić information content (AvgIpc) is 2.69. The first-order valence-electron chi connectivity index (χ1n) is 6.54. The molecule has 18 heavy (non-hydrogen) atoms. The van der Waals surface area contributed by atoms with Crippen LogP contribution in [0.15, 0.2) is 18.2 Å². The van der Waals surface area contributed by atoms with E-state index >= 15 is 0 Å². The van der Waals surface area contributed by atoms with Gasteiger partial charge in [0.05, 0.1) is 4.92 Å². The molecule has 0 radical (unpaired) electrons. The van der Waals surface area contributed by atoms with Gasteiger partial charge in [0.1, 0.15) is 0 Å². The summed E-state index contributed by atoms with van der Waals surface area (Å²) in [7, 11) is 0. The van der Waals surface area contributed by atoms with Gasteiger partial charge in [0.2, 0.25) is 0 Å². The standard InChI is InChI=1S/C14H20N2O2/c1-4-7-14(10(2)3)9-15-13-6-5-11(16(17)18)8-12(13)14/h5-6,8,10,15H,4,7,9H2,1-3H3. The van der Waals surface area contributed by atoms with Gasteiger partial charge in [-0.15, -0.1) is 0 Å². The summed E-state index contributed by atoms with van der Waals surface area (Å²) in [6.45, 7) is 7.45. The van der Waals surface area contributed by atoms with Gasteiger partial charge in [-0.25, -0.2) is 0 Å². The summed E-state index contributed by atoms with van der Waals surface area (Å²) in [6, 6.07) is 5.17. The molecule has 0 aliphatic carbocycles. The number of nitro benzene ring substituents is 1. The summed E-state index contributed by atoms with van der Waals surface area (Å²) in [6.07, 6.45) is 2.15. The second kappa shape index (κ2) is 4.59. The number of non-ortho nitro benzene ring substituents is 1. The topological polar surface area (TPSA) is 55.2 Å². The normalized spacial score (nSPS) is 21.8. The lowest BCUT2D eigenvalue weighted by Crippen LogP contribution is -2.34. The van der Waals surface area contributed by atoms with E-state index in [1.165, 1.54) is 0 Å². The fraction of sp³-hybridized carbons (Fsp3) is 0.571. The molecule has 1 aromatic carbocycles. The van der Waals surface area contributed by atoms with Crippen LogP contribution in [0.2, 0.25) is 0 Å². The molecule has 0 aromatic heterocycles. The highest BCUT2D eigenvalue weighted by Gasteiger charge is 2.41. The highest BCUT2D eigenvalue weighted by Crippen LogP contribution is 2.46. The number of nitro groups is 1. The zero-order valence-corrected chi connectivity index (χ0v) is 11.2. The molecule has 0 amide bonds. The first-order chi connectivity index (χ1) is 8.51. The van der Waals surface area contributed by atoms with Gasteiger partial charge in [0.25, 0.3) is 5.69 Å². The molecule has 1 aromatic rings. The van der Waals surface area contributed by atoms with Crippen LogP contribution in [0.5, 0.6) is 0 Å². The minimum atomic E-state index is -0.310. The summed E-state index contributed by atoms with van der Waals surface area (Å²) in [5.74, 6) is 0.466. The zero-order valence-electron chi connectivity index (χ0n) is 11.2. The van der Waals surface area contributed by atoms with Crippen molar-refractivity contribution in [3.63, 3.8) is 0 Å². The van der Waals surface area contributed by atoms with Gasteiger partial charge in [0.15, 0.2) is 0 Å². The van der Waals surface area contributed by atoms with Crippen molar-refractivity contribution in [3.05, 3.63) is 33.9 Å². The van der Waals surface area contributed by atoms with Crippen LogP contribution in [0.4, 0.5) is 11.4 Å². The van der Waals surface area contributed by atoms with Gasteiger partial charge >= 0.3 is 0 Å². The Balaban J connectivity index is 2.52. The lowest BCUT2D eigenvalue weighted by atomic mass is 9.70. The minimum Gasteiger partial charge on any atom is -0.384 e. The lowest BCUT2D eigenvalue weighted by Gasteiger charge is -2.33. The third-order valence-corrected chi connectivity index (χ3v) is 4.15. The van der Waals surface area contributed by atoms with Gasteiger partial charge in [0, 0.05) is 29.8 Å². The van der Waals surface area contributed by atoms with Crippen LogP contribution < -0.4 is 5.32 Å². The Hall–Kier alpha value is -1.58. The van der Waals surface area contributed by atoms with Crippen LogP contribution in [0.3, 0.4) is 0 Å². The third kappa shape index (κ3) is 1.85. The number of nitrogens with zero attached hydrogens (tertiary/aromatic N) is 1. The summed E-state index contributed by atoms with van der Waals surface area (Å²) in [5, 5.41) is 14.3. The molecule has 4 nitrogen and oxygen atoms in total. The molecule has 0 saturated carbocycles. The van der Waals surface area contributed by atoms with E-state index < -0.39 is 0 Å². The van der Waals surface area contributed by atoms with Crippen molar-refractivity contribution < 1.29 is 4.92 Å². The first kappa shape index (κ1) is 12.9. The highest BCUT2D eigenvalue weighted by atomic mass is 16.6. The molecule has 1 unspecified atom stereocenters. The Bertz CT molecular complexity index is 467. The van der Waals surface area contributed by atoms with Gasteiger partial charge < -0.3 is 5.32 Å². The van der Waals surface area contributed by atoms with Crippen LogP contribution in [-0.2, 0) is 5.41 Å². The monoisotopic (exact) mass is 248 g/mol. The molecular formula is C14H20N2O2. The van der Waals surface area contributed by atoms with E-state index in [9.17, 15) is 10.1 Å². The molecule has 98 valence electrons. The molecule has 1 aliphatic rings. The van der Waals surface area contributed by atoms with Gasteiger partial charge in [-0.3, -0.25) is 10.1 Å². The number of hydrogen-bond donors (Lipinski definition) is 1. The number of hydrogen-bond acceptors (Lipinski definition) is 3. The molecule has 2 rings (SSSR count). The quantitative estimate of drug-likeness (QED) is 0.652. The lowest BCUT2D eigenvalue weighted by molar-refractivity contribution is -0.384. The Morgan fingerprint density at radius 3 is 2.78 bits per heavy atom. The maximum atomic E-state index is 10.9. The fourth-order valence-electron chi connectivity index (χ4n) is 3.03. The van der Waals surface area contributed by atoms with Crippen LogP contribution in [-0.4, -0.2) is 11.5 Å². The molecule has 1 aliphatic heterocycles. The SMILES string of the molecule is CCCC1(C(C)C)CNc2ccc([N+](=O)[O-])cc21. The van der Waals surface area contributed by atoms with E-state index in [1.54, 1.807) is 12.1 Å². The molecular weight excluding hydrogens is 228 g/mol. The van der Waals surface area contributed by atoms with Crippen molar-refractivity contribution in [2.45, 2.75) is 39.0 Å². The molecule has 0 bridgehead atoms. The Kier molecular flexibility index (Phi) is 3.28. The number of nitrogens with one attached hydrogen (secondary N) is 1. The average molecular weight is 248 g/mol. The van der Waals surface area contributed by atoms with Crippen molar-refractivity contribution >= 4 is 11.4 Å². The third-order valence-electron chi connectivity index (χ3n) is 4.15. The van der Waals surface area contributed by atoms with Gasteiger partial charge in [-0.1, -0.05) is 27.2 Å². The second-order valence-corrected chi connectivity index (χ2v) is 5.40. The maximum Gasteiger partial charge on any atom is 0.269 e. The van der Waals surface area contributed by atoms with E-state index in [1.807, 2.05) is 6.07 Å². The van der Waals surface area contributed by atoms with Crippen LogP contribution in [0.25, 0.3) is 0 Å². The number of fused-ring (bicyclic) bond motifs is 1. The first-order valence-corrected chi connectivity index (χ1v) is 6.54. The molecule has 1 heterocycles. The van der Waals surface area contributed by atoms with Crippen molar-refractivity contribution in [1.82, 2.24) is 0 Å². The Morgan fingerprint density at radius 2 is 2.22 bits per heavy atom. The Morgan fingerprint density at radius 1 is 1.50 bits per heavy atom. The van der Waals surface area contributed by atoms with E-state index in [2.05, 4.69) is 26.1 Å². The summed E-state index contributed by atoms with van der Waals surface area (Å²) in [4.78, 5) is 10.6. The number of rotatable bonds is 4. The smallest absolute Gasteiger partial charge is 0.269 e. The molecule has 1 N–H and O–H groups in total. The number of anilines is 1. The van der Waals surface area contributed by atoms with Crippen molar-refractivity contribution in [2.75, 3.05) is 11.9 Å². The van der Waals surface area contributed by atoms with Crippen LogP contribution in [0, 0.1) is 16.0 Å². The highest BCUT2D eigenvalue weighted by molar-refractivity contribution is 5.64.